The van der Waals surface area contributed by atoms with E-state index in [0.29, 0.717) is 5.92 Å². The summed E-state index contributed by atoms with van der Waals surface area (Å²) in [5, 5.41) is 0. The third-order valence-corrected chi connectivity index (χ3v) is 11.0. The van der Waals surface area contributed by atoms with Crippen LogP contribution in [0, 0.1) is 0 Å². The van der Waals surface area contributed by atoms with E-state index in [1.54, 1.807) is 0 Å². The zero-order chi connectivity index (χ0) is 32.7. The van der Waals surface area contributed by atoms with E-state index in [1.165, 1.54) is 114 Å². The molecule has 1 saturated carbocycles. The van der Waals surface area contributed by atoms with Crippen LogP contribution in [0.15, 0.2) is 84.9 Å². The van der Waals surface area contributed by atoms with Gasteiger partial charge in [0.1, 0.15) is 0 Å². The van der Waals surface area contributed by atoms with Crippen molar-refractivity contribution in [2.75, 3.05) is 4.90 Å². The normalized spacial score (nSPS) is 16.3. The number of rotatable bonds is 8. The average molecular weight is 612 g/mol. The van der Waals surface area contributed by atoms with Crippen LogP contribution < -0.4 is 4.90 Å². The highest BCUT2D eigenvalue weighted by Crippen LogP contribution is 2.55. The monoisotopic (exact) mass is 611 g/mol. The zero-order valence-electron chi connectivity index (χ0n) is 30.0. The maximum Gasteiger partial charge on any atom is 0.0467 e. The third-order valence-electron chi connectivity index (χ3n) is 11.0. The first-order valence-electron chi connectivity index (χ1n) is 18.3. The first-order valence-corrected chi connectivity index (χ1v) is 18.3. The highest BCUT2D eigenvalue weighted by atomic mass is 15.1. The van der Waals surface area contributed by atoms with E-state index in [2.05, 4.69) is 145 Å². The van der Waals surface area contributed by atoms with E-state index in [4.69, 9.17) is 0 Å². The highest BCUT2D eigenvalue weighted by Gasteiger charge is 2.42. The standard InChI is InChI=1S/C45H57N/c1-9-26-45(27-10-2)41-19-15-14-18-39(41)40-25-24-37(31-42(40)45)46(36-22-20-33(21-23-36)32-16-12-11-13-17-32)38-29-34(43(3,4)5)28-35(30-38)44(6,7)8/h14-15,18-25,28-32H,9-13,16-17,26-27H2,1-8H3. The molecule has 1 heteroatoms. The summed E-state index contributed by atoms with van der Waals surface area (Å²) in [5.74, 6) is 0.704. The van der Waals surface area contributed by atoms with Crippen molar-refractivity contribution in [3.8, 4) is 11.1 Å². The molecule has 2 aliphatic rings. The molecule has 0 aromatic heterocycles. The highest BCUT2D eigenvalue weighted by molar-refractivity contribution is 5.86. The largest absolute Gasteiger partial charge is 0.310 e. The lowest BCUT2D eigenvalue weighted by Gasteiger charge is -2.34. The van der Waals surface area contributed by atoms with E-state index in [-0.39, 0.29) is 16.2 Å². The molecular weight excluding hydrogens is 555 g/mol. The number of nitrogens with zero attached hydrogens (tertiary/aromatic N) is 1. The summed E-state index contributed by atoms with van der Waals surface area (Å²) < 4.78 is 0. The molecule has 0 atom stereocenters. The van der Waals surface area contributed by atoms with Crippen LogP contribution in [0.4, 0.5) is 17.1 Å². The fourth-order valence-corrected chi connectivity index (χ4v) is 8.48. The minimum absolute atomic E-state index is 0.0451. The van der Waals surface area contributed by atoms with E-state index in [9.17, 15) is 0 Å². The molecule has 0 spiro atoms. The van der Waals surface area contributed by atoms with Crippen molar-refractivity contribution in [2.24, 2.45) is 0 Å². The van der Waals surface area contributed by atoms with Crippen LogP contribution in [-0.4, -0.2) is 0 Å². The number of benzene rings is 4. The summed E-state index contributed by atoms with van der Waals surface area (Å²) in [6.07, 6.45) is 11.5. The Morgan fingerprint density at radius 2 is 1.15 bits per heavy atom. The van der Waals surface area contributed by atoms with Gasteiger partial charge in [0.2, 0.25) is 0 Å². The molecular formula is C45H57N. The Hall–Kier alpha value is -3.32. The topological polar surface area (TPSA) is 3.24 Å². The van der Waals surface area contributed by atoms with Crippen molar-refractivity contribution < 1.29 is 0 Å². The molecule has 6 rings (SSSR count). The van der Waals surface area contributed by atoms with Gasteiger partial charge in [-0.25, -0.2) is 0 Å². The van der Waals surface area contributed by atoms with Gasteiger partial charge in [-0.2, -0.15) is 0 Å². The van der Waals surface area contributed by atoms with Gasteiger partial charge in [0.25, 0.3) is 0 Å². The fraction of sp³-hybridized carbons (Fsp3) is 0.467. The quantitative estimate of drug-likeness (QED) is 0.192. The van der Waals surface area contributed by atoms with Crippen LogP contribution in [0.1, 0.15) is 147 Å². The molecule has 0 saturated heterocycles. The van der Waals surface area contributed by atoms with Crippen LogP contribution in [0.5, 0.6) is 0 Å². The number of fused-ring (bicyclic) bond motifs is 3. The minimum atomic E-state index is 0.0451. The Balaban J connectivity index is 1.56. The molecule has 1 nitrogen and oxygen atoms in total. The summed E-state index contributed by atoms with van der Waals surface area (Å²) in [7, 11) is 0. The maximum atomic E-state index is 2.57. The van der Waals surface area contributed by atoms with Crippen LogP contribution in [0.25, 0.3) is 11.1 Å². The lowest BCUT2D eigenvalue weighted by atomic mass is 9.71. The summed E-state index contributed by atoms with van der Waals surface area (Å²) in [5.41, 5.74) is 14.1. The SMILES string of the molecule is CCCC1(CCC)c2ccccc2-c2ccc(N(c3ccc(C4CCCCC4)cc3)c3cc(C(C)(C)C)cc(C(C)(C)C)c3)cc21. The Kier molecular flexibility index (Phi) is 9.01. The molecule has 0 radical (unpaired) electrons. The van der Waals surface area contributed by atoms with Crippen LogP contribution >= 0.6 is 0 Å². The van der Waals surface area contributed by atoms with Gasteiger partial charge in [-0.1, -0.05) is 136 Å². The molecule has 1 fully saturated rings. The van der Waals surface area contributed by atoms with Crippen LogP contribution in [-0.2, 0) is 16.2 Å². The van der Waals surface area contributed by atoms with Crippen molar-refractivity contribution in [1.82, 2.24) is 0 Å². The van der Waals surface area contributed by atoms with Gasteiger partial charge in [-0.05, 0) is 118 Å². The van der Waals surface area contributed by atoms with E-state index >= 15 is 0 Å². The second kappa shape index (κ2) is 12.7. The molecule has 0 bridgehead atoms. The third kappa shape index (κ3) is 6.08. The second-order valence-corrected chi connectivity index (χ2v) is 16.4. The molecule has 4 aromatic carbocycles. The number of hydrogen-bond donors (Lipinski definition) is 0. The Bertz CT molecular complexity index is 1610. The molecule has 0 amide bonds. The predicted molar refractivity (Wildman–Crippen MR) is 200 cm³/mol. The maximum absolute atomic E-state index is 2.57. The fourth-order valence-electron chi connectivity index (χ4n) is 8.48. The molecule has 242 valence electrons. The van der Waals surface area contributed by atoms with Gasteiger partial charge in [0.05, 0.1) is 0 Å². The van der Waals surface area contributed by atoms with E-state index < -0.39 is 0 Å². The predicted octanol–water partition coefficient (Wildman–Crippen LogP) is 13.7. The molecule has 0 unspecified atom stereocenters. The van der Waals surface area contributed by atoms with Crippen molar-refractivity contribution in [3.63, 3.8) is 0 Å². The molecule has 46 heavy (non-hydrogen) atoms. The van der Waals surface area contributed by atoms with Crippen LogP contribution in [0.3, 0.4) is 0 Å². The minimum Gasteiger partial charge on any atom is -0.310 e. The Labute approximate surface area is 280 Å². The van der Waals surface area contributed by atoms with E-state index in [1.807, 2.05) is 0 Å². The number of hydrogen-bond acceptors (Lipinski definition) is 1. The van der Waals surface area contributed by atoms with Crippen LogP contribution in [0.2, 0.25) is 0 Å². The van der Waals surface area contributed by atoms with Gasteiger partial charge in [-0.15, -0.1) is 0 Å². The smallest absolute Gasteiger partial charge is 0.0467 e. The molecule has 0 heterocycles. The summed E-state index contributed by atoms with van der Waals surface area (Å²) >= 11 is 0. The molecule has 0 N–H and O–H groups in total. The van der Waals surface area contributed by atoms with Gasteiger partial charge < -0.3 is 4.90 Å². The zero-order valence-corrected chi connectivity index (χ0v) is 30.0. The molecule has 0 aliphatic heterocycles. The van der Waals surface area contributed by atoms with Crippen molar-refractivity contribution >= 4 is 17.1 Å². The summed E-state index contributed by atoms with van der Waals surface area (Å²) in [4.78, 5) is 2.56. The average Bonchev–Trinajstić information content (AvgIpc) is 3.30. The lowest BCUT2D eigenvalue weighted by molar-refractivity contribution is 0.436. The van der Waals surface area contributed by atoms with Crippen molar-refractivity contribution in [2.45, 2.75) is 135 Å². The van der Waals surface area contributed by atoms with Gasteiger partial charge in [0.15, 0.2) is 0 Å². The molecule has 4 aromatic rings. The van der Waals surface area contributed by atoms with Gasteiger partial charge >= 0.3 is 0 Å². The Morgan fingerprint density at radius 1 is 0.587 bits per heavy atom. The van der Waals surface area contributed by atoms with Crippen molar-refractivity contribution in [1.29, 1.82) is 0 Å². The van der Waals surface area contributed by atoms with E-state index in [0.717, 1.165) is 0 Å². The second-order valence-electron chi connectivity index (χ2n) is 16.4. The summed E-state index contributed by atoms with van der Waals surface area (Å²) in [6, 6.07) is 33.6. The van der Waals surface area contributed by atoms with Crippen molar-refractivity contribution in [3.05, 3.63) is 113 Å². The lowest BCUT2D eigenvalue weighted by Crippen LogP contribution is -2.25. The first kappa shape index (κ1) is 32.6. The first-order chi connectivity index (χ1) is 22.0. The summed E-state index contributed by atoms with van der Waals surface area (Å²) in [6.45, 7) is 18.8. The number of anilines is 3. The Morgan fingerprint density at radius 3 is 1.74 bits per heavy atom. The molecule has 2 aliphatic carbocycles. The van der Waals surface area contributed by atoms with Gasteiger partial charge in [0, 0.05) is 22.5 Å². The van der Waals surface area contributed by atoms with Gasteiger partial charge in [-0.3, -0.25) is 0 Å².